The number of anilines is 1. The SMILES string of the molecule is O=C1CCCC2=C1C(c1ccccn1)n1nc(SCc3ccc([N+](=O)[O-])cc3)nc1N2. The molecule has 1 aliphatic carbocycles. The van der Waals surface area contributed by atoms with Crippen LogP contribution in [0.5, 0.6) is 0 Å². The van der Waals surface area contributed by atoms with Crippen molar-refractivity contribution in [1.82, 2.24) is 19.7 Å². The van der Waals surface area contributed by atoms with Crippen molar-refractivity contribution in [3.63, 3.8) is 0 Å². The van der Waals surface area contributed by atoms with E-state index in [4.69, 9.17) is 0 Å². The number of thioether (sulfide) groups is 1. The van der Waals surface area contributed by atoms with Crippen LogP contribution >= 0.6 is 11.8 Å². The number of rotatable bonds is 5. The number of pyridine rings is 1. The van der Waals surface area contributed by atoms with Gasteiger partial charge < -0.3 is 5.32 Å². The Morgan fingerprint density at radius 1 is 1.19 bits per heavy atom. The van der Waals surface area contributed by atoms with E-state index in [9.17, 15) is 14.9 Å². The molecule has 1 N–H and O–H groups in total. The number of nitrogens with zero attached hydrogens (tertiary/aromatic N) is 5. The molecule has 3 heterocycles. The summed E-state index contributed by atoms with van der Waals surface area (Å²) in [5.41, 5.74) is 3.37. The molecule has 1 aromatic carbocycles. The second kappa shape index (κ2) is 7.95. The van der Waals surface area contributed by atoms with Gasteiger partial charge in [0, 0.05) is 41.8 Å². The summed E-state index contributed by atoms with van der Waals surface area (Å²) in [7, 11) is 0. The van der Waals surface area contributed by atoms with Gasteiger partial charge in [-0.1, -0.05) is 30.0 Å². The molecule has 1 aliphatic heterocycles. The summed E-state index contributed by atoms with van der Waals surface area (Å²) in [5, 5.41) is 19.3. The number of allylic oxidation sites excluding steroid dienone is 2. The molecule has 0 saturated carbocycles. The van der Waals surface area contributed by atoms with Crippen molar-refractivity contribution >= 4 is 29.2 Å². The van der Waals surface area contributed by atoms with Gasteiger partial charge in [-0.15, -0.1) is 5.10 Å². The highest BCUT2D eigenvalue weighted by atomic mass is 32.2. The minimum atomic E-state index is -0.415. The maximum absolute atomic E-state index is 12.8. The molecular formula is C21H18N6O3S. The molecule has 0 fully saturated rings. The Bertz CT molecular complexity index is 1190. The fourth-order valence-electron chi connectivity index (χ4n) is 3.87. The summed E-state index contributed by atoms with van der Waals surface area (Å²) in [6, 6.07) is 11.7. The number of nitro groups is 1. The van der Waals surface area contributed by atoms with E-state index in [0.29, 0.717) is 28.9 Å². The fourth-order valence-corrected chi connectivity index (χ4v) is 4.66. The number of carbonyl (C=O) groups excluding carboxylic acids is 1. The fraction of sp³-hybridized carbons (Fsp3) is 0.238. The van der Waals surface area contributed by atoms with Crippen LogP contribution in [-0.4, -0.2) is 30.5 Å². The van der Waals surface area contributed by atoms with Crippen LogP contribution in [0, 0.1) is 10.1 Å². The van der Waals surface area contributed by atoms with Crippen molar-refractivity contribution in [2.24, 2.45) is 0 Å². The highest BCUT2D eigenvalue weighted by Gasteiger charge is 2.37. The maximum atomic E-state index is 12.8. The smallest absolute Gasteiger partial charge is 0.269 e. The number of ketones is 1. The average Bonchev–Trinajstić information content (AvgIpc) is 3.20. The van der Waals surface area contributed by atoms with Crippen molar-refractivity contribution in [1.29, 1.82) is 0 Å². The number of carbonyl (C=O) groups is 1. The molecule has 1 atom stereocenters. The first-order chi connectivity index (χ1) is 15.1. The minimum absolute atomic E-state index is 0.0630. The van der Waals surface area contributed by atoms with Crippen molar-refractivity contribution < 1.29 is 9.72 Å². The molecule has 0 bridgehead atoms. The van der Waals surface area contributed by atoms with Crippen LogP contribution in [0.1, 0.15) is 36.6 Å². The first kappa shape index (κ1) is 19.4. The molecule has 0 radical (unpaired) electrons. The first-order valence-electron chi connectivity index (χ1n) is 9.87. The Labute approximate surface area is 181 Å². The van der Waals surface area contributed by atoms with Crippen LogP contribution in [0.15, 0.2) is 65.1 Å². The lowest BCUT2D eigenvalue weighted by Crippen LogP contribution is -2.32. The largest absolute Gasteiger partial charge is 0.328 e. The van der Waals surface area contributed by atoms with Gasteiger partial charge in [-0.05, 0) is 30.5 Å². The van der Waals surface area contributed by atoms with Crippen LogP contribution in [0.3, 0.4) is 0 Å². The Morgan fingerprint density at radius 2 is 2.03 bits per heavy atom. The standard InChI is InChI=1S/C21H18N6O3S/c28-17-6-3-5-15-18(17)19(16-4-1-2-11-22-16)26-20(23-15)24-21(25-26)31-12-13-7-9-14(10-8-13)27(29)30/h1-2,4,7-11,19H,3,5-6,12H2,(H,23,24,25). The molecule has 9 nitrogen and oxygen atoms in total. The second-order valence-electron chi connectivity index (χ2n) is 7.33. The predicted molar refractivity (Wildman–Crippen MR) is 115 cm³/mol. The molecule has 2 aliphatic rings. The lowest BCUT2D eigenvalue weighted by molar-refractivity contribution is -0.384. The van der Waals surface area contributed by atoms with Crippen LogP contribution in [0.25, 0.3) is 0 Å². The highest BCUT2D eigenvalue weighted by molar-refractivity contribution is 7.98. The Hall–Kier alpha value is -3.53. The number of non-ortho nitro benzene ring substituents is 1. The summed E-state index contributed by atoms with van der Waals surface area (Å²) in [5.74, 6) is 1.28. The topological polar surface area (TPSA) is 116 Å². The number of nitro benzene ring substituents is 1. The molecule has 0 amide bonds. The highest BCUT2D eigenvalue weighted by Crippen LogP contribution is 2.40. The zero-order valence-electron chi connectivity index (χ0n) is 16.4. The lowest BCUT2D eigenvalue weighted by atomic mass is 9.87. The van der Waals surface area contributed by atoms with Crippen LogP contribution in [0.2, 0.25) is 0 Å². The molecule has 0 spiro atoms. The molecule has 1 unspecified atom stereocenters. The zero-order valence-corrected chi connectivity index (χ0v) is 17.2. The number of benzene rings is 1. The van der Waals surface area contributed by atoms with Gasteiger partial charge in [0.1, 0.15) is 6.04 Å². The zero-order chi connectivity index (χ0) is 21.4. The van der Waals surface area contributed by atoms with E-state index in [1.54, 1.807) is 23.0 Å². The molecule has 2 aromatic heterocycles. The second-order valence-corrected chi connectivity index (χ2v) is 8.27. The van der Waals surface area contributed by atoms with E-state index in [1.165, 1.54) is 23.9 Å². The van der Waals surface area contributed by atoms with E-state index < -0.39 is 11.0 Å². The van der Waals surface area contributed by atoms with E-state index in [-0.39, 0.29) is 11.5 Å². The van der Waals surface area contributed by atoms with Crippen LogP contribution in [-0.2, 0) is 10.5 Å². The van der Waals surface area contributed by atoms with Gasteiger partial charge >= 0.3 is 0 Å². The molecular weight excluding hydrogens is 416 g/mol. The van der Waals surface area contributed by atoms with Gasteiger partial charge in [0.15, 0.2) is 5.78 Å². The van der Waals surface area contributed by atoms with Gasteiger partial charge in [0.2, 0.25) is 11.1 Å². The Kier molecular flexibility index (Phi) is 4.99. The molecule has 3 aromatic rings. The van der Waals surface area contributed by atoms with Crippen molar-refractivity contribution in [3.05, 3.63) is 81.3 Å². The molecule has 0 saturated heterocycles. The van der Waals surface area contributed by atoms with E-state index in [2.05, 4.69) is 20.4 Å². The first-order valence-corrected chi connectivity index (χ1v) is 10.9. The predicted octanol–water partition coefficient (Wildman–Crippen LogP) is 3.90. The van der Waals surface area contributed by atoms with Gasteiger partial charge in [0.05, 0.1) is 10.6 Å². The van der Waals surface area contributed by atoms with Crippen LogP contribution < -0.4 is 5.32 Å². The normalized spacial score (nSPS) is 17.7. The molecule has 156 valence electrons. The average molecular weight is 434 g/mol. The summed E-state index contributed by atoms with van der Waals surface area (Å²) in [4.78, 5) is 32.3. The lowest BCUT2D eigenvalue weighted by Gasteiger charge is -2.31. The summed E-state index contributed by atoms with van der Waals surface area (Å²) < 4.78 is 1.74. The molecule has 31 heavy (non-hydrogen) atoms. The molecule has 10 heteroatoms. The molecule has 5 rings (SSSR count). The van der Waals surface area contributed by atoms with Gasteiger partial charge in [-0.3, -0.25) is 19.9 Å². The van der Waals surface area contributed by atoms with Gasteiger partial charge in [0.25, 0.3) is 5.69 Å². The van der Waals surface area contributed by atoms with E-state index in [0.717, 1.165) is 29.8 Å². The third-order valence-corrected chi connectivity index (χ3v) is 6.24. The summed E-state index contributed by atoms with van der Waals surface area (Å²) in [6.45, 7) is 0. The summed E-state index contributed by atoms with van der Waals surface area (Å²) >= 11 is 1.44. The number of aromatic nitrogens is 4. The third-order valence-electron chi connectivity index (χ3n) is 5.33. The van der Waals surface area contributed by atoms with Gasteiger partial charge in [-0.2, -0.15) is 4.98 Å². The number of hydrogen-bond donors (Lipinski definition) is 1. The number of hydrogen-bond acceptors (Lipinski definition) is 8. The Morgan fingerprint density at radius 3 is 2.77 bits per heavy atom. The van der Waals surface area contributed by atoms with Crippen LogP contribution in [0.4, 0.5) is 11.6 Å². The van der Waals surface area contributed by atoms with Crippen molar-refractivity contribution in [2.75, 3.05) is 5.32 Å². The van der Waals surface area contributed by atoms with E-state index in [1.807, 2.05) is 18.2 Å². The number of Topliss-reactive ketones (excluding diaryl/α,β-unsaturated/α-hetero) is 1. The van der Waals surface area contributed by atoms with E-state index >= 15 is 0 Å². The van der Waals surface area contributed by atoms with Crippen molar-refractivity contribution in [2.45, 2.75) is 36.2 Å². The summed E-state index contributed by atoms with van der Waals surface area (Å²) in [6.07, 6.45) is 3.85. The maximum Gasteiger partial charge on any atom is 0.269 e. The Balaban J connectivity index is 1.44. The van der Waals surface area contributed by atoms with Crippen molar-refractivity contribution in [3.8, 4) is 0 Å². The number of nitrogens with one attached hydrogen (secondary N) is 1. The quantitative estimate of drug-likeness (QED) is 0.365. The monoisotopic (exact) mass is 434 g/mol. The minimum Gasteiger partial charge on any atom is -0.328 e. The third kappa shape index (κ3) is 3.70. The van der Waals surface area contributed by atoms with Gasteiger partial charge in [-0.25, -0.2) is 4.68 Å². The number of fused-ring (bicyclic) bond motifs is 1.